The van der Waals surface area contributed by atoms with Crippen LogP contribution in [-0.4, -0.2) is 29.9 Å². The first-order chi connectivity index (χ1) is 15.5. The zero-order valence-electron chi connectivity index (χ0n) is 17.1. The highest BCUT2D eigenvalue weighted by Crippen LogP contribution is 2.30. The van der Waals surface area contributed by atoms with E-state index in [1.165, 1.54) is 0 Å². The number of amides is 2. The molecule has 3 aromatic carbocycles. The van der Waals surface area contributed by atoms with Gasteiger partial charge in [-0.2, -0.15) is 0 Å². The smallest absolute Gasteiger partial charge is 0.254 e. The fraction of sp³-hybridized carbons (Fsp3) is 0.120. The van der Waals surface area contributed by atoms with E-state index >= 15 is 0 Å². The molecular weight excluding hydrogens is 412 g/mol. The van der Waals surface area contributed by atoms with Crippen LogP contribution in [0.2, 0.25) is 0 Å². The van der Waals surface area contributed by atoms with Crippen LogP contribution in [0.3, 0.4) is 0 Å². The minimum Gasteiger partial charge on any atom is -0.361 e. The van der Waals surface area contributed by atoms with Gasteiger partial charge in [0.05, 0.1) is 12.1 Å². The lowest BCUT2D eigenvalue weighted by atomic mass is 9.91. The van der Waals surface area contributed by atoms with Gasteiger partial charge < -0.3 is 15.6 Å². The van der Waals surface area contributed by atoms with Crippen molar-refractivity contribution in [2.24, 2.45) is 0 Å². The molecule has 2 amide bonds. The molecule has 5 nitrogen and oxygen atoms in total. The van der Waals surface area contributed by atoms with E-state index in [1.807, 2.05) is 60.8 Å². The monoisotopic (exact) mass is 433 g/mol. The van der Waals surface area contributed by atoms with Gasteiger partial charge in [-0.1, -0.05) is 48.5 Å². The molecule has 0 fully saturated rings. The molecule has 0 spiro atoms. The van der Waals surface area contributed by atoms with E-state index < -0.39 is 23.4 Å². The summed E-state index contributed by atoms with van der Waals surface area (Å²) in [6, 6.07) is 20.4. The number of para-hydroxylation sites is 1. The van der Waals surface area contributed by atoms with E-state index in [1.54, 1.807) is 0 Å². The first kappa shape index (κ1) is 21.2. The van der Waals surface area contributed by atoms with Crippen molar-refractivity contribution < 1.29 is 18.4 Å². The zero-order chi connectivity index (χ0) is 22.5. The molecule has 1 heterocycles. The first-order valence-electron chi connectivity index (χ1n) is 10.1. The number of aromatic amines is 1. The lowest BCUT2D eigenvalue weighted by molar-refractivity contribution is -0.120. The topological polar surface area (TPSA) is 74.0 Å². The third-order valence-corrected chi connectivity index (χ3v) is 5.29. The first-order valence-corrected chi connectivity index (χ1v) is 10.1. The SMILES string of the molecule is O=C(CNC(=O)c1ccc(F)cc1F)NCC(c1ccccc1)c1c[nH]c2ccccc12. The Labute approximate surface area is 183 Å². The summed E-state index contributed by atoms with van der Waals surface area (Å²) in [5.74, 6) is -3.07. The fourth-order valence-electron chi connectivity index (χ4n) is 3.68. The van der Waals surface area contributed by atoms with Crippen LogP contribution in [0.15, 0.2) is 79.0 Å². The molecule has 0 aliphatic carbocycles. The van der Waals surface area contributed by atoms with E-state index in [0.717, 1.165) is 34.2 Å². The van der Waals surface area contributed by atoms with Gasteiger partial charge in [0.2, 0.25) is 5.91 Å². The van der Waals surface area contributed by atoms with Gasteiger partial charge in [0.25, 0.3) is 5.91 Å². The number of halogens is 2. The van der Waals surface area contributed by atoms with Crippen LogP contribution < -0.4 is 10.6 Å². The van der Waals surface area contributed by atoms with Crippen molar-refractivity contribution in [1.82, 2.24) is 15.6 Å². The number of hydrogen-bond acceptors (Lipinski definition) is 2. The highest BCUT2D eigenvalue weighted by molar-refractivity contribution is 5.96. The van der Waals surface area contributed by atoms with Gasteiger partial charge in [-0.3, -0.25) is 9.59 Å². The second-order valence-electron chi connectivity index (χ2n) is 7.36. The molecule has 1 atom stereocenters. The standard InChI is InChI=1S/C25H21F2N3O2/c26-17-10-11-19(22(27)12-17)25(32)30-15-24(31)29-13-20(16-6-2-1-3-7-16)21-14-28-23-9-5-4-8-18(21)23/h1-12,14,20,28H,13,15H2,(H,29,31)(H,30,32). The van der Waals surface area contributed by atoms with E-state index in [0.29, 0.717) is 12.6 Å². The van der Waals surface area contributed by atoms with Gasteiger partial charge in [0.15, 0.2) is 0 Å². The van der Waals surface area contributed by atoms with Gasteiger partial charge in [0.1, 0.15) is 11.6 Å². The Kier molecular flexibility index (Phi) is 6.26. The van der Waals surface area contributed by atoms with Crippen molar-refractivity contribution in [3.05, 3.63) is 107 Å². The summed E-state index contributed by atoms with van der Waals surface area (Å²) in [5.41, 5.74) is 2.77. The summed E-state index contributed by atoms with van der Waals surface area (Å²) in [6.45, 7) is -0.0173. The van der Waals surface area contributed by atoms with Crippen LogP contribution in [0.1, 0.15) is 27.4 Å². The third-order valence-electron chi connectivity index (χ3n) is 5.29. The summed E-state index contributed by atoms with van der Waals surface area (Å²) >= 11 is 0. The summed E-state index contributed by atoms with van der Waals surface area (Å²) < 4.78 is 26.8. The van der Waals surface area contributed by atoms with Gasteiger partial charge in [0, 0.05) is 35.6 Å². The lowest BCUT2D eigenvalue weighted by Crippen LogP contribution is -2.38. The summed E-state index contributed by atoms with van der Waals surface area (Å²) in [7, 11) is 0. The van der Waals surface area contributed by atoms with Crippen LogP contribution in [-0.2, 0) is 4.79 Å². The Hall–Kier alpha value is -4.00. The Morgan fingerprint density at radius 3 is 2.44 bits per heavy atom. The maximum atomic E-state index is 13.7. The minimum absolute atomic E-state index is 0.110. The van der Waals surface area contributed by atoms with E-state index in [2.05, 4.69) is 15.6 Å². The number of rotatable bonds is 7. The summed E-state index contributed by atoms with van der Waals surface area (Å²) in [4.78, 5) is 27.8. The molecule has 7 heteroatoms. The molecular formula is C25H21F2N3O2. The number of fused-ring (bicyclic) bond motifs is 1. The highest BCUT2D eigenvalue weighted by Gasteiger charge is 2.19. The molecule has 0 aliphatic heterocycles. The Morgan fingerprint density at radius 1 is 0.906 bits per heavy atom. The summed E-state index contributed by atoms with van der Waals surface area (Å²) in [5, 5.41) is 6.28. The average Bonchev–Trinajstić information content (AvgIpc) is 3.22. The van der Waals surface area contributed by atoms with Crippen molar-refractivity contribution in [2.45, 2.75) is 5.92 Å². The molecule has 0 saturated carbocycles. The van der Waals surface area contributed by atoms with Crippen LogP contribution in [0, 0.1) is 11.6 Å². The third kappa shape index (κ3) is 4.67. The van der Waals surface area contributed by atoms with Crippen molar-refractivity contribution in [3.8, 4) is 0 Å². The molecule has 162 valence electrons. The molecule has 1 unspecified atom stereocenters. The van der Waals surface area contributed by atoms with Crippen LogP contribution in [0.5, 0.6) is 0 Å². The normalized spacial score (nSPS) is 11.8. The molecule has 0 radical (unpaired) electrons. The predicted molar refractivity (Wildman–Crippen MR) is 118 cm³/mol. The fourth-order valence-corrected chi connectivity index (χ4v) is 3.68. The largest absolute Gasteiger partial charge is 0.361 e. The molecule has 32 heavy (non-hydrogen) atoms. The van der Waals surface area contributed by atoms with Crippen LogP contribution >= 0.6 is 0 Å². The number of H-pyrrole nitrogens is 1. The number of nitrogens with one attached hydrogen (secondary N) is 3. The van der Waals surface area contributed by atoms with Crippen LogP contribution in [0.25, 0.3) is 10.9 Å². The molecule has 4 aromatic rings. The predicted octanol–water partition coefficient (Wildman–Crippen LogP) is 4.12. The van der Waals surface area contributed by atoms with Crippen molar-refractivity contribution in [1.29, 1.82) is 0 Å². The van der Waals surface area contributed by atoms with Gasteiger partial charge in [-0.15, -0.1) is 0 Å². The molecule has 3 N–H and O–H groups in total. The van der Waals surface area contributed by atoms with Crippen LogP contribution in [0.4, 0.5) is 8.78 Å². The average molecular weight is 433 g/mol. The quantitative estimate of drug-likeness (QED) is 0.410. The molecule has 1 aromatic heterocycles. The number of carbonyl (C=O) groups is 2. The highest BCUT2D eigenvalue weighted by atomic mass is 19.1. The van der Waals surface area contributed by atoms with Crippen molar-refractivity contribution >= 4 is 22.7 Å². The van der Waals surface area contributed by atoms with E-state index in [-0.39, 0.29) is 18.0 Å². The Bertz CT molecular complexity index is 1250. The Morgan fingerprint density at radius 2 is 1.66 bits per heavy atom. The Balaban J connectivity index is 1.44. The number of carbonyl (C=O) groups excluding carboxylic acids is 2. The maximum Gasteiger partial charge on any atom is 0.254 e. The molecule has 0 saturated heterocycles. The van der Waals surface area contributed by atoms with Gasteiger partial charge in [-0.05, 0) is 29.3 Å². The maximum absolute atomic E-state index is 13.7. The zero-order valence-corrected chi connectivity index (χ0v) is 17.1. The van der Waals surface area contributed by atoms with E-state index in [9.17, 15) is 18.4 Å². The number of hydrogen-bond donors (Lipinski definition) is 3. The second kappa shape index (κ2) is 9.43. The number of benzene rings is 3. The second-order valence-corrected chi connectivity index (χ2v) is 7.36. The van der Waals surface area contributed by atoms with Crippen molar-refractivity contribution in [3.63, 3.8) is 0 Å². The van der Waals surface area contributed by atoms with Crippen molar-refractivity contribution in [2.75, 3.05) is 13.1 Å². The molecule has 0 bridgehead atoms. The van der Waals surface area contributed by atoms with E-state index in [4.69, 9.17) is 0 Å². The molecule has 0 aliphatic rings. The minimum atomic E-state index is -0.980. The molecule has 4 rings (SSSR count). The van der Waals surface area contributed by atoms with Gasteiger partial charge >= 0.3 is 0 Å². The lowest BCUT2D eigenvalue weighted by Gasteiger charge is -2.18. The van der Waals surface area contributed by atoms with Gasteiger partial charge in [-0.25, -0.2) is 8.78 Å². The number of aromatic nitrogens is 1. The summed E-state index contributed by atoms with van der Waals surface area (Å²) in [6.07, 6.45) is 1.94.